The van der Waals surface area contributed by atoms with Gasteiger partial charge in [-0.15, -0.1) is 0 Å². The van der Waals surface area contributed by atoms with E-state index >= 15 is 0 Å². The number of hydrogen-bond acceptors (Lipinski definition) is 6. The molecule has 1 heterocycles. The molecule has 7 heteroatoms. The van der Waals surface area contributed by atoms with Crippen LogP contribution in [0.5, 0.6) is 11.5 Å². The molecule has 0 saturated heterocycles. The van der Waals surface area contributed by atoms with Gasteiger partial charge < -0.3 is 14.8 Å². The van der Waals surface area contributed by atoms with E-state index in [1.165, 1.54) is 0 Å². The molecule has 2 aromatic carbocycles. The molecule has 0 aliphatic carbocycles. The van der Waals surface area contributed by atoms with Crippen LogP contribution in [-0.4, -0.2) is 29.9 Å². The molecular weight excluding hydrogens is 346 g/mol. The zero-order valence-corrected chi connectivity index (χ0v) is 15.4. The van der Waals surface area contributed by atoms with Crippen LogP contribution < -0.4 is 14.8 Å². The van der Waals surface area contributed by atoms with Crippen LogP contribution in [0.4, 0.5) is 5.82 Å². The summed E-state index contributed by atoms with van der Waals surface area (Å²) in [6.07, 6.45) is 0. The molecule has 27 heavy (non-hydrogen) atoms. The van der Waals surface area contributed by atoms with Crippen LogP contribution >= 0.6 is 0 Å². The number of ether oxygens (including phenoxy) is 2. The molecule has 0 atom stereocenters. The lowest BCUT2D eigenvalue weighted by Crippen LogP contribution is -2.12. The van der Waals surface area contributed by atoms with E-state index in [1.54, 1.807) is 31.4 Å². The molecule has 140 valence electrons. The Labute approximate surface area is 157 Å². The largest absolute Gasteiger partial charge is 0.497 e. The van der Waals surface area contributed by atoms with Crippen molar-refractivity contribution >= 4 is 11.7 Å². The molecule has 1 N–H and O–H groups in total. The van der Waals surface area contributed by atoms with Crippen LogP contribution in [0, 0.1) is 5.92 Å². The molecule has 3 rings (SSSR count). The van der Waals surface area contributed by atoms with Gasteiger partial charge in [-0.1, -0.05) is 19.9 Å². The minimum absolute atomic E-state index is 0.249. The summed E-state index contributed by atoms with van der Waals surface area (Å²) in [7, 11) is 1.55. The topological polar surface area (TPSA) is 86.5 Å². The maximum Gasteiger partial charge on any atom is 0.257 e. The zero-order valence-electron chi connectivity index (χ0n) is 15.4. The minimum Gasteiger partial charge on any atom is -0.497 e. The van der Waals surface area contributed by atoms with Crippen LogP contribution in [0.25, 0.3) is 11.3 Å². The van der Waals surface area contributed by atoms with E-state index in [0.29, 0.717) is 29.5 Å². The van der Waals surface area contributed by atoms with Gasteiger partial charge in [0.25, 0.3) is 5.91 Å². The van der Waals surface area contributed by atoms with Gasteiger partial charge in [-0.05, 0) is 58.7 Å². The highest BCUT2D eigenvalue weighted by atomic mass is 16.6. The van der Waals surface area contributed by atoms with E-state index in [4.69, 9.17) is 14.1 Å². The summed E-state index contributed by atoms with van der Waals surface area (Å²) < 4.78 is 15.6. The first-order valence-electron chi connectivity index (χ1n) is 8.58. The second kappa shape index (κ2) is 8.35. The van der Waals surface area contributed by atoms with Crippen LogP contribution in [-0.2, 0) is 0 Å². The smallest absolute Gasteiger partial charge is 0.257 e. The van der Waals surface area contributed by atoms with Crippen molar-refractivity contribution < 1.29 is 18.9 Å². The van der Waals surface area contributed by atoms with E-state index in [2.05, 4.69) is 29.5 Å². The lowest BCUT2D eigenvalue weighted by atomic mass is 10.1. The normalized spacial score (nSPS) is 10.7. The summed E-state index contributed by atoms with van der Waals surface area (Å²) in [5.74, 6) is 1.73. The van der Waals surface area contributed by atoms with E-state index in [-0.39, 0.29) is 11.7 Å². The molecule has 3 aromatic rings. The third kappa shape index (κ3) is 4.63. The number of benzene rings is 2. The Morgan fingerprint density at radius 2 is 1.89 bits per heavy atom. The second-order valence-electron chi connectivity index (χ2n) is 6.38. The lowest BCUT2D eigenvalue weighted by molar-refractivity contribution is 0.102. The van der Waals surface area contributed by atoms with Crippen molar-refractivity contribution in [3.63, 3.8) is 0 Å². The summed E-state index contributed by atoms with van der Waals surface area (Å²) >= 11 is 0. The first kappa shape index (κ1) is 18.4. The maximum absolute atomic E-state index is 12.5. The Morgan fingerprint density at radius 1 is 1.11 bits per heavy atom. The fourth-order valence-electron chi connectivity index (χ4n) is 2.38. The Hall–Kier alpha value is -3.35. The number of carbonyl (C=O) groups excluding carboxylic acids is 1. The maximum atomic E-state index is 12.5. The average Bonchev–Trinajstić information content (AvgIpc) is 3.14. The first-order valence-corrected chi connectivity index (χ1v) is 8.58. The van der Waals surface area contributed by atoms with Gasteiger partial charge >= 0.3 is 0 Å². The van der Waals surface area contributed by atoms with Gasteiger partial charge in [0.15, 0.2) is 5.69 Å². The molecule has 0 unspecified atom stereocenters. The van der Waals surface area contributed by atoms with E-state index in [0.717, 1.165) is 11.3 Å². The Balaban J connectivity index is 1.74. The van der Waals surface area contributed by atoms with Crippen molar-refractivity contribution in [2.45, 2.75) is 13.8 Å². The van der Waals surface area contributed by atoms with Crippen LogP contribution in [0.3, 0.4) is 0 Å². The minimum atomic E-state index is -0.331. The van der Waals surface area contributed by atoms with E-state index in [9.17, 15) is 4.79 Å². The van der Waals surface area contributed by atoms with Crippen molar-refractivity contribution in [3.05, 3.63) is 54.1 Å². The Bertz CT molecular complexity index is 904. The predicted molar refractivity (Wildman–Crippen MR) is 101 cm³/mol. The van der Waals surface area contributed by atoms with E-state index in [1.807, 2.05) is 24.3 Å². The van der Waals surface area contributed by atoms with Gasteiger partial charge in [0.2, 0.25) is 5.82 Å². The number of nitrogens with one attached hydrogen (secondary N) is 1. The van der Waals surface area contributed by atoms with Gasteiger partial charge in [-0.25, -0.2) is 4.63 Å². The van der Waals surface area contributed by atoms with Crippen LogP contribution in [0.2, 0.25) is 0 Å². The molecule has 0 fully saturated rings. The average molecular weight is 367 g/mol. The Kier molecular flexibility index (Phi) is 5.71. The van der Waals surface area contributed by atoms with Crippen molar-refractivity contribution in [2.75, 3.05) is 19.0 Å². The predicted octanol–water partition coefficient (Wildman–Crippen LogP) is 4.03. The van der Waals surface area contributed by atoms with Gasteiger partial charge in [-0.3, -0.25) is 4.79 Å². The third-order valence-electron chi connectivity index (χ3n) is 3.76. The molecule has 1 amide bonds. The molecule has 0 saturated carbocycles. The molecule has 7 nitrogen and oxygen atoms in total. The van der Waals surface area contributed by atoms with Crippen LogP contribution in [0.15, 0.2) is 53.2 Å². The summed E-state index contributed by atoms with van der Waals surface area (Å²) in [5, 5.41) is 10.4. The Morgan fingerprint density at radius 3 is 2.59 bits per heavy atom. The van der Waals surface area contributed by atoms with Gasteiger partial charge in [0.1, 0.15) is 11.5 Å². The number of amides is 1. The summed E-state index contributed by atoms with van der Waals surface area (Å²) in [4.78, 5) is 12.5. The summed E-state index contributed by atoms with van der Waals surface area (Å²) in [6, 6.07) is 14.2. The summed E-state index contributed by atoms with van der Waals surface area (Å²) in [6.45, 7) is 4.83. The molecule has 0 radical (unpaired) electrons. The fourth-order valence-corrected chi connectivity index (χ4v) is 2.38. The number of carbonyl (C=O) groups is 1. The molecule has 0 aliphatic rings. The van der Waals surface area contributed by atoms with Crippen LogP contribution in [0.1, 0.15) is 24.2 Å². The highest BCUT2D eigenvalue weighted by Crippen LogP contribution is 2.27. The SMILES string of the molecule is COc1cccc(C(=O)Nc2nonc2-c2ccc(OCC(C)C)cc2)c1. The highest BCUT2D eigenvalue weighted by Gasteiger charge is 2.16. The zero-order chi connectivity index (χ0) is 19.2. The number of hydrogen-bond donors (Lipinski definition) is 1. The number of anilines is 1. The van der Waals surface area contributed by atoms with Crippen molar-refractivity contribution in [2.24, 2.45) is 5.92 Å². The monoisotopic (exact) mass is 367 g/mol. The number of aromatic nitrogens is 2. The van der Waals surface area contributed by atoms with Crippen molar-refractivity contribution in [1.82, 2.24) is 10.3 Å². The second-order valence-corrected chi connectivity index (χ2v) is 6.38. The highest BCUT2D eigenvalue weighted by molar-refractivity contribution is 6.05. The number of rotatable bonds is 7. The molecule has 1 aromatic heterocycles. The van der Waals surface area contributed by atoms with Gasteiger partial charge in [0, 0.05) is 11.1 Å². The van der Waals surface area contributed by atoms with Crippen molar-refractivity contribution in [1.29, 1.82) is 0 Å². The molecule has 0 spiro atoms. The first-order chi connectivity index (χ1) is 13.1. The fraction of sp³-hybridized carbons (Fsp3) is 0.250. The number of methoxy groups -OCH3 is 1. The van der Waals surface area contributed by atoms with E-state index < -0.39 is 0 Å². The quantitative estimate of drug-likeness (QED) is 0.678. The molecule has 0 aliphatic heterocycles. The standard InChI is InChI=1S/C20H21N3O4/c1-13(2)12-26-16-9-7-14(8-10-16)18-19(23-27-22-18)21-20(24)15-5-4-6-17(11-15)25-3/h4-11,13H,12H2,1-3H3,(H,21,23,24). The third-order valence-corrected chi connectivity index (χ3v) is 3.76. The summed E-state index contributed by atoms with van der Waals surface area (Å²) in [5.41, 5.74) is 1.65. The van der Waals surface area contributed by atoms with Crippen molar-refractivity contribution in [3.8, 4) is 22.8 Å². The lowest BCUT2D eigenvalue weighted by Gasteiger charge is -2.09. The number of nitrogens with zero attached hydrogens (tertiary/aromatic N) is 2. The molecular formula is C20H21N3O4. The van der Waals surface area contributed by atoms with Gasteiger partial charge in [-0.2, -0.15) is 0 Å². The van der Waals surface area contributed by atoms with Gasteiger partial charge in [0.05, 0.1) is 13.7 Å². The molecule has 0 bridgehead atoms.